The zero-order valence-electron chi connectivity index (χ0n) is 15.2. The molecule has 3 rings (SSSR count). The van der Waals surface area contributed by atoms with Crippen LogP contribution in [0.4, 0.5) is 5.69 Å². The molecule has 27 heavy (non-hydrogen) atoms. The molecule has 5 heteroatoms. The van der Waals surface area contributed by atoms with Crippen molar-refractivity contribution in [2.45, 2.75) is 19.4 Å². The summed E-state index contributed by atoms with van der Waals surface area (Å²) in [7, 11) is 0. The molecule has 0 aliphatic rings. The van der Waals surface area contributed by atoms with Crippen LogP contribution in [0.3, 0.4) is 0 Å². The third-order valence-electron chi connectivity index (χ3n) is 4.00. The van der Waals surface area contributed by atoms with Gasteiger partial charge in [0.15, 0.2) is 0 Å². The summed E-state index contributed by atoms with van der Waals surface area (Å²) in [5.41, 5.74) is 2.03. The molecule has 5 nitrogen and oxygen atoms in total. The number of rotatable bonds is 10. The summed E-state index contributed by atoms with van der Waals surface area (Å²) in [6.45, 7) is 1.37. The van der Waals surface area contributed by atoms with E-state index in [1.165, 1.54) is 5.56 Å². The van der Waals surface area contributed by atoms with Gasteiger partial charge in [0.1, 0.15) is 11.5 Å². The Kier molecular flexibility index (Phi) is 7.07. The van der Waals surface area contributed by atoms with E-state index in [1.807, 2.05) is 54.6 Å². The molecule has 1 heterocycles. The first kappa shape index (κ1) is 18.7. The summed E-state index contributed by atoms with van der Waals surface area (Å²) in [6, 6.07) is 21.5. The minimum absolute atomic E-state index is 0.109. The molecule has 140 valence electrons. The molecule has 0 aliphatic carbocycles. The van der Waals surface area contributed by atoms with Crippen molar-refractivity contribution in [2.75, 3.05) is 18.5 Å². The van der Waals surface area contributed by atoms with Crippen LogP contribution >= 0.6 is 0 Å². The molecule has 0 spiro atoms. The first-order valence-electron chi connectivity index (χ1n) is 9.09. The molecule has 0 bridgehead atoms. The smallest absolute Gasteiger partial charge is 0.238 e. The highest BCUT2D eigenvalue weighted by molar-refractivity contribution is 5.92. The first-order valence-corrected chi connectivity index (χ1v) is 9.09. The van der Waals surface area contributed by atoms with Crippen LogP contribution < -0.4 is 15.4 Å². The molecule has 0 atom stereocenters. The lowest BCUT2D eigenvalue weighted by molar-refractivity contribution is -0.115. The van der Waals surface area contributed by atoms with Gasteiger partial charge < -0.3 is 19.8 Å². The van der Waals surface area contributed by atoms with Crippen molar-refractivity contribution in [2.24, 2.45) is 0 Å². The minimum atomic E-state index is -0.109. The zero-order chi connectivity index (χ0) is 18.7. The van der Waals surface area contributed by atoms with E-state index < -0.39 is 0 Å². The second kappa shape index (κ2) is 10.2. The van der Waals surface area contributed by atoms with E-state index in [4.69, 9.17) is 9.15 Å². The van der Waals surface area contributed by atoms with Gasteiger partial charge in [0.05, 0.1) is 26.0 Å². The van der Waals surface area contributed by atoms with Gasteiger partial charge in [-0.05, 0) is 42.7 Å². The predicted octanol–water partition coefficient (Wildman–Crippen LogP) is 4.02. The SMILES string of the molecule is O=C(CNCc1ccco1)Nc1cccc(OCCCc2ccccc2)c1. The van der Waals surface area contributed by atoms with Crippen LogP contribution in [0.25, 0.3) is 0 Å². The Morgan fingerprint density at radius 3 is 2.70 bits per heavy atom. The maximum atomic E-state index is 12.0. The predicted molar refractivity (Wildman–Crippen MR) is 106 cm³/mol. The van der Waals surface area contributed by atoms with Crippen LogP contribution in [0.2, 0.25) is 0 Å². The van der Waals surface area contributed by atoms with E-state index in [9.17, 15) is 4.79 Å². The van der Waals surface area contributed by atoms with Crippen molar-refractivity contribution in [3.05, 3.63) is 84.3 Å². The fraction of sp³-hybridized carbons (Fsp3) is 0.227. The summed E-state index contributed by atoms with van der Waals surface area (Å²) in [4.78, 5) is 12.0. The number of benzene rings is 2. The van der Waals surface area contributed by atoms with E-state index in [2.05, 4.69) is 22.8 Å². The Balaban J connectivity index is 1.38. The van der Waals surface area contributed by atoms with E-state index >= 15 is 0 Å². The highest BCUT2D eigenvalue weighted by Gasteiger charge is 2.04. The van der Waals surface area contributed by atoms with Crippen LogP contribution in [-0.4, -0.2) is 19.1 Å². The molecular formula is C22H24N2O3. The molecule has 0 saturated carbocycles. The number of hydrogen-bond acceptors (Lipinski definition) is 4. The lowest BCUT2D eigenvalue weighted by Crippen LogP contribution is -2.27. The summed E-state index contributed by atoms with van der Waals surface area (Å²) < 4.78 is 11.0. The number of carbonyl (C=O) groups is 1. The molecule has 0 unspecified atom stereocenters. The summed E-state index contributed by atoms with van der Waals surface area (Å²) in [5, 5.41) is 5.91. The maximum absolute atomic E-state index is 12.0. The van der Waals surface area contributed by atoms with E-state index in [-0.39, 0.29) is 12.5 Å². The molecule has 0 aliphatic heterocycles. The van der Waals surface area contributed by atoms with Gasteiger partial charge in [0.2, 0.25) is 5.91 Å². The largest absolute Gasteiger partial charge is 0.494 e. The molecule has 0 radical (unpaired) electrons. The van der Waals surface area contributed by atoms with Crippen molar-refractivity contribution < 1.29 is 13.9 Å². The number of ether oxygens (including phenoxy) is 1. The van der Waals surface area contributed by atoms with Gasteiger partial charge in [-0.3, -0.25) is 4.79 Å². The highest BCUT2D eigenvalue weighted by Crippen LogP contribution is 2.17. The monoisotopic (exact) mass is 364 g/mol. The molecule has 2 N–H and O–H groups in total. The Morgan fingerprint density at radius 2 is 1.89 bits per heavy atom. The molecule has 3 aromatic rings. The van der Waals surface area contributed by atoms with Gasteiger partial charge in [-0.1, -0.05) is 36.4 Å². The average Bonchev–Trinajstić information content (AvgIpc) is 3.20. The number of furan rings is 1. The summed E-state index contributed by atoms with van der Waals surface area (Å²) in [5.74, 6) is 1.45. The van der Waals surface area contributed by atoms with E-state index in [0.29, 0.717) is 13.2 Å². The summed E-state index contributed by atoms with van der Waals surface area (Å²) in [6.07, 6.45) is 3.54. The Hall–Kier alpha value is -3.05. The number of carbonyl (C=O) groups excluding carboxylic acids is 1. The van der Waals surface area contributed by atoms with Crippen LogP contribution in [0.1, 0.15) is 17.7 Å². The first-order chi connectivity index (χ1) is 13.3. The standard InChI is InChI=1S/C22H24N2O3/c25-22(17-23-16-21-12-6-14-27-21)24-19-10-4-11-20(15-19)26-13-5-9-18-7-2-1-3-8-18/h1-4,6-8,10-12,14-15,23H,5,9,13,16-17H2,(H,24,25). The molecular weight excluding hydrogens is 340 g/mol. The third kappa shape index (κ3) is 6.64. The highest BCUT2D eigenvalue weighted by atomic mass is 16.5. The number of hydrogen-bond donors (Lipinski definition) is 2. The minimum Gasteiger partial charge on any atom is -0.494 e. The second-order valence-corrected chi connectivity index (χ2v) is 6.20. The van der Waals surface area contributed by atoms with E-state index in [0.717, 1.165) is 30.0 Å². The normalized spacial score (nSPS) is 10.5. The van der Waals surface area contributed by atoms with Gasteiger partial charge in [-0.25, -0.2) is 0 Å². The third-order valence-corrected chi connectivity index (χ3v) is 4.00. The fourth-order valence-corrected chi connectivity index (χ4v) is 2.69. The van der Waals surface area contributed by atoms with Crippen LogP contribution in [0.15, 0.2) is 77.4 Å². The number of aryl methyl sites for hydroxylation is 1. The quantitative estimate of drug-likeness (QED) is 0.533. The van der Waals surface area contributed by atoms with Gasteiger partial charge in [0.25, 0.3) is 0 Å². The fourth-order valence-electron chi connectivity index (χ4n) is 2.69. The second-order valence-electron chi connectivity index (χ2n) is 6.20. The Bertz CT molecular complexity index is 817. The Labute approximate surface area is 159 Å². The van der Waals surface area contributed by atoms with Gasteiger partial charge in [-0.2, -0.15) is 0 Å². The number of nitrogens with one attached hydrogen (secondary N) is 2. The number of anilines is 1. The lowest BCUT2D eigenvalue weighted by Gasteiger charge is -2.10. The van der Waals surface area contributed by atoms with Gasteiger partial charge in [0, 0.05) is 11.8 Å². The van der Waals surface area contributed by atoms with Gasteiger partial charge in [-0.15, -0.1) is 0 Å². The summed E-state index contributed by atoms with van der Waals surface area (Å²) >= 11 is 0. The van der Waals surface area contributed by atoms with Crippen LogP contribution in [-0.2, 0) is 17.8 Å². The van der Waals surface area contributed by atoms with Crippen LogP contribution in [0, 0.1) is 0 Å². The number of amides is 1. The van der Waals surface area contributed by atoms with Crippen molar-refractivity contribution in [1.29, 1.82) is 0 Å². The van der Waals surface area contributed by atoms with Gasteiger partial charge >= 0.3 is 0 Å². The average molecular weight is 364 g/mol. The van der Waals surface area contributed by atoms with Crippen LogP contribution in [0.5, 0.6) is 5.75 Å². The maximum Gasteiger partial charge on any atom is 0.238 e. The van der Waals surface area contributed by atoms with Crippen molar-refractivity contribution in [3.8, 4) is 5.75 Å². The zero-order valence-corrected chi connectivity index (χ0v) is 15.2. The van der Waals surface area contributed by atoms with Crippen molar-refractivity contribution >= 4 is 11.6 Å². The topological polar surface area (TPSA) is 63.5 Å². The Morgan fingerprint density at radius 1 is 1.00 bits per heavy atom. The molecule has 0 saturated heterocycles. The van der Waals surface area contributed by atoms with Crippen molar-refractivity contribution in [3.63, 3.8) is 0 Å². The van der Waals surface area contributed by atoms with E-state index in [1.54, 1.807) is 6.26 Å². The molecule has 2 aromatic carbocycles. The molecule has 1 aromatic heterocycles. The van der Waals surface area contributed by atoms with Crippen molar-refractivity contribution in [1.82, 2.24) is 5.32 Å². The molecule has 0 fully saturated rings. The molecule has 1 amide bonds. The lowest BCUT2D eigenvalue weighted by atomic mass is 10.1.